The van der Waals surface area contributed by atoms with Crippen LogP contribution in [-0.2, 0) is 11.3 Å². The van der Waals surface area contributed by atoms with E-state index in [0.717, 1.165) is 15.6 Å². The van der Waals surface area contributed by atoms with Gasteiger partial charge in [0.05, 0.1) is 19.2 Å². The number of ether oxygens (including phenoxy) is 1. The van der Waals surface area contributed by atoms with Gasteiger partial charge in [-0.15, -0.1) is 0 Å². The highest BCUT2D eigenvalue weighted by Crippen LogP contribution is 2.44. The Morgan fingerprint density at radius 1 is 1.03 bits per heavy atom. The molecule has 1 heterocycles. The molecular weight excluding hydrogens is 458 g/mol. The summed E-state index contributed by atoms with van der Waals surface area (Å²) in [6.07, 6.45) is 0. The Morgan fingerprint density at radius 3 is 2.42 bits per heavy atom. The third-order valence-corrected chi connectivity index (χ3v) is 6.06. The molecular formula is C25H22BrNO4. The van der Waals surface area contributed by atoms with Gasteiger partial charge in [-0.3, -0.25) is 9.59 Å². The number of hydrogen-bond donors (Lipinski definition) is 1. The average molecular weight is 480 g/mol. The summed E-state index contributed by atoms with van der Waals surface area (Å²) < 4.78 is 6.64. The Kier molecular flexibility index (Phi) is 6.09. The highest BCUT2D eigenvalue weighted by molar-refractivity contribution is 9.10. The number of carboxylic acids is 1. The third-order valence-electron chi connectivity index (χ3n) is 5.53. The zero-order valence-electron chi connectivity index (χ0n) is 17.0. The van der Waals surface area contributed by atoms with Crippen LogP contribution in [0.4, 0.5) is 0 Å². The SMILES string of the molecule is CCOc1ccccc1CN1C(=O)c2ccccc2C(C(=O)O)C1c1ccc(Br)cc1. The summed E-state index contributed by atoms with van der Waals surface area (Å²) >= 11 is 3.43. The molecule has 1 amide bonds. The summed E-state index contributed by atoms with van der Waals surface area (Å²) in [5.41, 5.74) is 2.58. The Bertz CT molecular complexity index is 1110. The number of amides is 1. The summed E-state index contributed by atoms with van der Waals surface area (Å²) in [7, 11) is 0. The lowest BCUT2D eigenvalue weighted by molar-refractivity contribution is -0.140. The van der Waals surface area contributed by atoms with Crippen molar-refractivity contribution in [1.82, 2.24) is 4.90 Å². The molecule has 3 aromatic carbocycles. The van der Waals surface area contributed by atoms with Crippen LogP contribution in [0, 0.1) is 0 Å². The molecule has 3 aromatic rings. The summed E-state index contributed by atoms with van der Waals surface area (Å²) in [6.45, 7) is 2.65. The van der Waals surface area contributed by atoms with E-state index in [1.54, 1.807) is 29.2 Å². The van der Waals surface area contributed by atoms with Crippen molar-refractivity contribution in [2.75, 3.05) is 6.61 Å². The van der Waals surface area contributed by atoms with Crippen molar-refractivity contribution >= 4 is 27.8 Å². The molecule has 0 bridgehead atoms. The second-order valence-corrected chi connectivity index (χ2v) is 8.29. The predicted octanol–water partition coefficient (Wildman–Crippen LogP) is 5.41. The van der Waals surface area contributed by atoms with Gasteiger partial charge in [-0.2, -0.15) is 0 Å². The fourth-order valence-corrected chi connectivity index (χ4v) is 4.44. The van der Waals surface area contributed by atoms with Crippen LogP contribution in [0.15, 0.2) is 77.3 Å². The molecule has 0 saturated carbocycles. The maximum atomic E-state index is 13.6. The number of rotatable bonds is 6. The molecule has 2 atom stereocenters. The molecule has 0 spiro atoms. The van der Waals surface area contributed by atoms with E-state index in [9.17, 15) is 14.7 Å². The first kappa shape index (κ1) is 21.1. The van der Waals surface area contributed by atoms with Crippen molar-refractivity contribution in [2.45, 2.75) is 25.4 Å². The minimum Gasteiger partial charge on any atom is -0.494 e. The van der Waals surface area contributed by atoms with Gasteiger partial charge in [0, 0.05) is 15.6 Å². The molecule has 0 aromatic heterocycles. The van der Waals surface area contributed by atoms with E-state index in [2.05, 4.69) is 15.9 Å². The van der Waals surface area contributed by atoms with Gasteiger partial charge < -0.3 is 14.7 Å². The first-order valence-corrected chi connectivity index (χ1v) is 10.9. The number of benzene rings is 3. The van der Waals surface area contributed by atoms with Crippen LogP contribution < -0.4 is 4.74 Å². The molecule has 5 nitrogen and oxygen atoms in total. The molecule has 0 radical (unpaired) electrons. The van der Waals surface area contributed by atoms with Crippen molar-refractivity contribution in [1.29, 1.82) is 0 Å². The maximum absolute atomic E-state index is 13.6. The van der Waals surface area contributed by atoms with Gasteiger partial charge >= 0.3 is 5.97 Å². The van der Waals surface area contributed by atoms with Crippen molar-refractivity contribution in [2.24, 2.45) is 0 Å². The largest absolute Gasteiger partial charge is 0.494 e. The standard InChI is InChI=1S/C25H22BrNO4/c1-2-31-21-10-6-3-7-17(21)15-27-23(16-11-13-18(26)14-12-16)22(25(29)30)19-8-4-5-9-20(19)24(27)28/h3-14,22-23H,2,15H2,1H3,(H,29,30). The minimum atomic E-state index is -0.962. The van der Waals surface area contributed by atoms with E-state index in [1.807, 2.05) is 55.5 Å². The van der Waals surface area contributed by atoms with Crippen molar-refractivity contribution in [3.8, 4) is 5.75 Å². The van der Waals surface area contributed by atoms with E-state index in [1.165, 1.54) is 0 Å². The maximum Gasteiger partial charge on any atom is 0.313 e. The molecule has 31 heavy (non-hydrogen) atoms. The van der Waals surface area contributed by atoms with E-state index >= 15 is 0 Å². The second kappa shape index (κ2) is 8.94. The number of fused-ring (bicyclic) bond motifs is 1. The normalized spacial score (nSPS) is 17.9. The average Bonchev–Trinajstić information content (AvgIpc) is 2.77. The number of aliphatic carboxylic acids is 1. The quantitative estimate of drug-likeness (QED) is 0.512. The van der Waals surface area contributed by atoms with E-state index < -0.39 is 17.9 Å². The zero-order valence-corrected chi connectivity index (χ0v) is 18.6. The fraction of sp³-hybridized carbons (Fsp3) is 0.200. The van der Waals surface area contributed by atoms with Gasteiger partial charge in [0.15, 0.2) is 0 Å². The van der Waals surface area contributed by atoms with Gasteiger partial charge in [-0.1, -0.05) is 64.5 Å². The molecule has 0 saturated heterocycles. The molecule has 1 aliphatic heterocycles. The lowest BCUT2D eigenvalue weighted by atomic mass is 9.79. The fourth-order valence-electron chi connectivity index (χ4n) is 4.18. The Labute approximate surface area is 189 Å². The number of para-hydroxylation sites is 1. The summed E-state index contributed by atoms with van der Waals surface area (Å²) in [6, 6.07) is 21.4. The molecule has 1 N–H and O–H groups in total. The summed E-state index contributed by atoms with van der Waals surface area (Å²) in [5.74, 6) is -1.34. The smallest absolute Gasteiger partial charge is 0.313 e. The van der Waals surface area contributed by atoms with Crippen LogP contribution in [0.25, 0.3) is 0 Å². The highest BCUT2D eigenvalue weighted by atomic mass is 79.9. The van der Waals surface area contributed by atoms with Crippen LogP contribution in [0.2, 0.25) is 0 Å². The Balaban J connectivity index is 1.87. The first-order valence-electron chi connectivity index (χ1n) is 10.1. The molecule has 158 valence electrons. The van der Waals surface area contributed by atoms with Gasteiger partial charge in [-0.05, 0) is 42.3 Å². The lowest BCUT2D eigenvalue weighted by Crippen LogP contribution is -2.44. The number of nitrogens with zero attached hydrogens (tertiary/aromatic N) is 1. The van der Waals surface area contributed by atoms with Crippen LogP contribution in [-0.4, -0.2) is 28.5 Å². The summed E-state index contributed by atoms with van der Waals surface area (Å²) in [5, 5.41) is 10.2. The van der Waals surface area contributed by atoms with Crippen LogP contribution in [0.5, 0.6) is 5.75 Å². The van der Waals surface area contributed by atoms with Crippen LogP contribution >= 0.6 is 15.9 Å². The minimum absolute atomic E-state index is 0.188. The topological polar surface area (TPSA) is 66.8 Å². The number of carbonyl (C=O) groups is 2. The molecule has 0 aliphatic carbocycles. The van der Waals surface area contributed by atoms with Gasteiger partial charge in [0.2, 0.25) is 0 Å². The van der Waals surface area contributed by atoms with Crippen molar-refractivity contribution < 1.29 is 19.4 Å². The number of carbonyl (C=O) groups excluding carboxylic acids is 1. The molecule has 2 unspecified atom stereocenters. The van der Waals surface area contributed by atoms with E-state index in [-0.39, 0.29) is 12.5 Å². The molecule has 6 heteroatoms. The van der Waals surface area contributed by atoms with Gasteiger partial charge in [-0.25, -0.2) is 0 Å². The van der Waals surface area contributed by atoms with Crippen LogP contribution in [0.1, 0.15) is 45.9 Å². The monoisotopic (exact) mass is 479 g/mol. The van der Waals surface area contributed by atoms with Crippen molar-refractivity contribution in [3.05, 3.63) is 99.5 Å². The second-order valence-electron chi connectivity index (χ2n) is 7.37. The van der Waals surface area contributed by atoms with E-state index in [4.69, 9.17) is 4.74 Å². The van der Waals surface area contributed by atoms with Gasteiger partial charge in [0.1, 0.15) is 11.7 Å². The lowest BCUT2D eigenvalue weighted by Gasteiger charge is -2.41. The number of hydrogen-bond acceptors (Lipinski definition) is 3. The Hall–Kier alpha value is -3.12. The molecule has 4 rings (SSSR count). The number of halogens is 1. The highest BCUT2D eigenvalue weighted by Gasteiger charge is 2.44. The van der Waals surface area contributed by atoms with Crippen molar-refractivity contribution in [3.63, 3.8) is 0 Å². The third kappa shape index (κ3) is 4.08. The predicted molar refractivity (Wildman–Crippen MR) is 121 cm³/mol. The van der Waals surface area contributed by atoms with Gasteiger partial charge in [0.25, 0.3) is 5.91 Å². The molecule has 1 aliphatic rings. The first-order chi connectivity index (χ1) is 15.0. The summed E-state index contributed by atoms with van der Waals surface area (Å²) in [4.78, 5) is 27.7. The Morgan fingerprint density at radius 2 is 1.71 bits per heavy atom. The van der Waals surface area contributed by atoms with Crippen LogP contribution in [0.3, 0.4) is 0 Å². The number of carboxylic acid groups (broad SMARTS) is 1. The molecule has 0 fully saturated rings. The zero-order chi connectivity index (χ0) is 22.0. The van der Waals surface area contributed by atoms with E-state index in [0.29, 0.717) is 23.5 Å².